The SMILES string of the molecule is O=C(c1cccc2ccccc12)C1CCCC12C=CCC2. The van der Waals surface area contributed by atoms with Crippen LogP contribution in [0, 0.1) is 11.3 Å². The van der Waals surface area contributed by atoms with Crippen molar-refractivity contribution in [1.82, 2.24) is 0 Å². The Kier molecular flexibility index (Phi) is 2.95. The van der Waals surface area contributed by atoms with Crippen LogP contribution in [0.1, 0.15) is 42.5 Å². The van der Waals surface area contributed by atoms with Crippen LogP contribution in [0.5, 0.6) is 0 Å². The molecule has 1 spiro atoms. The van der Waals surface area contributed by atoms with Gasteiger partial charge in [-0.2, -0.15) is 0 Å². The van der Waals surface area contributed by atoms with E-state index < -0.39 is 0 Å². The molecule has 4 rings (SSSR count). The number of allylic oxidation sites excluding steroid dienone is 2. The van der Waals surface area contributed by atoms with Gasteiger partial charge in [-0.3, -0.25) is 4.79 Å². The summed E-state index contributed by atoms with van der Waals surface area (Å²) in [7, 11) is 0. The zero-order valence-corrected chi connectivity index (χ0v) is 12.2. The van der Waals surface area contributed by atoms with Gasteiger partial charge in [-0.1, -0.05) is 61.0 Å². The fourth-order valence-electron chi connectivity index (χ4n) is 4.37. The normalized spacial score (nSPS) is 27.7. The van der Waals surface area contributed by atoms with Crippen molar-refractivity contribution in [3.63, 3.8) is 0 Å². The molecule has 0 N–H and O–H groups in total. The molecule has 106 valence electrons. The van der Waals surface area contributed by atoms with Crippen molar-refractivity contribution in [2.45, 2.75) is 32.1 Å². The third-order valence-electron chi connectivity index (χ3n) is 5.43. The zero-order valence-electron chi connectivity index (χ0n) is 12.2. The molecule has 0 aliphatic heterocycles. The van der Waals surface area contributed by atoms with Gasteiger partial charge in [0.2, 0.25) is 0 Å². The van der Waals surface area contributed by atoms with E-state index in [9.17, 15) is 4.79 Å². The van der Waals surface area contributed by atoms with Gasteiger partial charge < -0.3 is 0 Å². The highest BCUT2D eigenvalue weighted by atomic mass is 16.1. The van der Waals surface area contributed by atoms with Crippen molar-refractivity contribution in [3.05, 3.63) is 60.2 Å². The number of carbonyl (C=O) groups excluding carboxylic acids is 1. The molecule has 2 aromatic carbocycles. The van der Waals surface area contributed by atoms with Gasteiger partial charge in [-0.25, -0.2) is 0 Å². The van der Waals surface area contributed by atoms with Crippen molar-refractivity contribution in [2.24, 2.45) is 11.3 Å². The van der Waals surface area contributed by atoms with E-state index in [4.69, 9.17) is 0 Å². The summed E-state index contributed by atoms with van der Waals surface area (Å²) in [6.07, 6.45) is 10.3. The topological polar surface area (TPSA) is 17.1 Å². The molecule has 0 aromatic heterocycles. The Morgan fingerprint density at radius 3 is 2.76 bits per heavy atom. The minimum absolute atomic E-state index is 0.161. The maximum atomic E-state index is 13.2. The van der Waals surface area contributed by atoms with E-state index in [0.29, 0.717) is 5.78 Å². The second kappa shape index (κ2) is 4.84. The van der Waals surface area contributed by atoms with Crippen LogP contribution in [0.15, 0.2) is 54.6 Å². The Labute approximate surface area is 125 Å². The molecular weight excluding hydrogens is 256 g/mol. The van der Waals surface area contributed by atoms with Crippen molar-refractivity contribution in [3.8, 4) is 0 Å². The number of rotatable bonds is 2. The largest absolute Gasteiger partial charge is 0.294 e. The summed E-state index contributed by atoms with van der Waals surface area (Å²) < 4.78 is 0. The van der Waals surface area contributed by atoms with Gasteiger partial charge >= 0.3 is 0 Å². The van der Waals surface area contributed by atoms with E-state index in [1.165, 1.54) is 12.8 Å². The van der Waals surface area contributed by atoms with Crippen LogP contribution in [0.4, 0.5) is 0 Å². The molecule has 1 heteroatoms. The molecule has 2 atom stereocenters. The lowest BCUT2D eigenvalue weighted by Gasteiger charge is -2.29. The average molecular weight is 276 g/mol. The Bertz CT molecular complexity index is 722. The Morgan fingerprint density at radius 1 is 1.05 bits per heavy atom. The van der Waals surface area contributed by atoms with E-state index in [-0.39, 0.29) is 11.3 Å². The maximum Gasteiger partial charge on any atom is 0.167 e. The number of fused-ring (bicyclic) bond motifs is 1. The molecule has 2 aliphatic carbocycles. The number of hydrogen-bond acceptors (Lipinski definition) is 1. The van der Waals surface area contributed by atoms with Crippen LogP contribution in [0.25, 0.3) is 10.8 Å². The number of carbonyl (C=O) groups is 1. The first-order valence-corrected chi connectivity index (χ1v) is 8.00. The quantitative estimate of drug-likeness (QED) is 0.547. The smallest absolute Gasteiger partial charge is 0.167 e. The lowest BCUT2D eigenvalue weighted by Crippen LogP contribution is -2.28. The molecule has 2 unspecified atom stereocenters. The highest BCUT2D eigenvalue weighted by Crippen LogP contribution is 2.52. The van der Waals surface area contributed by atoms with Crippen molar-refractivity contribution < 1.29 is 4.79 Å². The first kappa shape index (κ1) is 12.8. The van der Waals surface area contributed by atoms with Crippen LogP contribution in [0.2, 0.25) is 0 Å². The third kappa shape index (κ3) is 1.95. The molecule has 1 nitrogen and oxygen atoms in total. The van der Waals surface area contributed by atoms with Crippen LogP contribution in [-0.2, 0) is 0 Å². The zero-order chi connectivity index (χ0) is 14.3. The molecular formula is C20H20O. The molecule has 2 aromatic rings. The van der Waals surface area contributed by atoms with Gasteiger partial charge in [0, 0.05) is 11.5 Å². The molecule has 0 saturated heterocycles. The Hall–Kier alpha value is -1.89. The monoisotopic (exact) mass is 276 g/mol. The van der Waals surface area contributed by atoms with Crippen molar-refractivity contribution in [1.29, 1.82) is 0 Å². The van der Waals surface area contributed by atoms with Crippen LogP contribution >= 0.6 is 0 Å². The van der Waals surface area contributed by atoms with E-state index in [0.717, 1.165) is 35.6 Å². The third-order valence-corrected chi connectivity index (χ3v) is 5.43. The minimum atomic E-state index is 0.161. The number of benzene rings is 2. The second-order valence-electron chi connectivity index (χ2n) is 6.51. The molecule has 1 saturated carbocycles. The first-order chi connectivity index (χ1) is 10.3. The minimum Gasteiger partial charge on any atom is -0.294 e. The summed E-state index contributed by atoms with van der Waals surface area (Å²) in [5, 5.41) is 2.27. The van der Waals surface area contributed by atoms with Crippen LogP contribution < -0.4 is 0 Å². The molecule has 0 bridgehead atoms. The molecule has 0 amide bonds. The van der Waals surface area contributed by atoms with Crippen LogP contribution in [-0.4, -0.2) is 5.78 Å². The first-order valence-electron chi connectivity index (χ1n) is 8.00. The summed E-state index contributed by atoms with van der Waals surface area (Å²) in [5.41, 5.74) is 1.08. The van der Waals surface area contributed by atoms with Crippen molar-refractivity contribution in [2.75, 3.05) is 0 Å². The summed E-state index contributed by atoms with van der Waals surface area (Å²) in [6.45, 7) is 0. The van der Waals surface area contributed by atoms with E-state index in [2.05, 4.69) is 30.4 Å². The van der Waals surface area contributed by atoms with Gasteiger partial charge in [0.15, 0.2) is 5.78 Å². The molecule has 2 aliphatic rings. The number of ketones is 1. The molecule has 0 radical (unpaired) electrons. The molecule has 1 fully saturated rings. The van der Waals surface area contributed by atoms with Crippen LogP contribution in [0.3, 0.4) is 0 Å². The summed E-state index contributed by atoms with van der Waals surface area (Å²) >= 11 is 0. The summed E-state index contributed by atoms with van der Waals surface area (Å²) in [5.74, 6) is 0.540. The number of Topliss-reactive ketones (excluding diaryl/α,β-unsaturated/α-hetero) is 1. The van der Waals surface area contributed by atoms with E-state index in [1.807, 2.05) is 24.3 Å². The van der Waals surface area contributed by atoms with Gasteiger partial charge in [0.1, 0.15) is 0 Å². The second-order valence-corrected chi connectivity index (χ2v) is 6.51. The fourth-order valence-corrected chi connectivity index (χ4v) is 4.37. The lowest BCUT2D eigenvalue weighted by atomic mass is 9.73. The average Bonchev–Trinajstić information content (AvgIpc) is 3.17. The van der Waals surface area contributed by atoms with Gasteiger partial charge in [-0.15, -0.1) is 0 Å². The van der Waals surface area contributed by atoms with E-state index in [1.54, 1.807) is 0 Å². The predicted molar refractivity (Wildman–Crippen MR) is 86.4 cm³/mol. The van der Waals surface area contributed by atoms with Gasteiger partial charge in [-0.05, 0) is 41.9 Å². The molecule has 0 heterocycles. The predicted octanol–water partition coefficient (Wildman–Crippen LogP) is 5.16. The maximum absolute atomic E-state index is 13.2. The highest BCUT2D eigenvalue weighted by molar-refractivity contribution is 6.09. The Morgan fingerprint density at radius 2 is 1.90 bits per heavy atom. The van der Waals surface area contributed by atoms with E-state index >= 15 is 0 Å². The molecule has 21 heavy (non-hydrogen) atoms. The lowest BCUT2D eigenvalue weighted by molar-refractivity contribution is 0.0849. The highest BCUT2D eigenvalue weighted by Gasteiger charge is 2.45. The number of hydrogen-bond donors (Lipinski definition) is 0. The summed E-state index contributed by atoms with van der Waals surface area (Å²) in [4.78, 5) is 13.2. The summed E-state index contributed by atoms with van der Waals surface area (Å²) in [6, 6.07) is 14.3. The fraction of sp³-hybridized carbons (Fsp3) is 0.350. The van der Waals surface area contributed by atoms with Crippen molar-refractivity contribution >= 4 is 16.6 Å². The van der Waals surface area contributed by atoms with Gasteiger partial charge in [0.05, 0.1) is 0 Å². The Balaban J connectivity index is 1.78. The standard InChI is InChI=1S/C20H20O/c21-19(18-11-6-14-20(18)12-3-4-13-20)17-10-5-8-15-7-1-2-9-16(15)17/h1-3,5,7-10,12,18H,4,6,11,13-14H2. The van der Waals surface area contributed by atoms with Gasteiger partial charge in [0.25, 0.3) is 0 Å².